The zero-order valence-electron chi connectivity index (χ0n) is 13.5. The summed E-state index contributed by atoms with van der Waals surface area (Å²) in [5.74, 6) is -0.303. The van der Waals surface area contributed by atoms with E-state index in [2.05, 4.69) is 4.98 Å². The fraction of sp³-hybridized carbons (Fsp3) is 0.353. The van der Waals surface area contributed by atoms with Crippen LogP contribution in [0.15, 0.2) is 41.5 Å². The molecule has 1 aliphatic rings. The lowest BCUT2D eigenvalue weighted by molar-refractivity contribution is -0.139. The second-order valence-electron chi connectivity index (χ2n) is 5.43. The van der Waals surface area contributed by atoms with Gasteiger partial charge in [-0.05, 0) is 19.1 Å². The molecular weight excluding hydrogens is 328 g/mol. The third-order valence-corrected chi connectivity index (χ3v) is 5.09. The maximum Gasteiger partial charge on any atom is 0.318 e. The average Bonchev–Trinajstić information content (AvgIpc) is 2.62. The Kier molecular flexibility index (Phi) is 5.01. The van der Waals surface area contributed by atoms with Gasteiger partial charge in [0.2, 0.25) is 0 Å². The van der Waals surface area contributed by atoms with E-state index in [1.165, 1.54) is 25.2 Å². The van der Waals surface area contributed by atoms with Gasteiger partial charge in [0.05, 0.1) is 19.4 Å². The van der Waals surface area contributed by atoms with E-state index in [1.807, 2.05) is 34.9 Å². The lowest BCUT2D eigenvalue weighted by atomic mass is 10.1. The molecule has 126 valence electrons. The zero-order valence-corrected chi connectivity index (χ0v) is 14.3. The molecule has 1 aromatic heterocycles. The summed E-state index contributed by atoms with van der Waals surface area (Å²) in [6.45, 7) is 2.06. The highest BCUT2D eigenvalue weighted by Crippen LogP contribution is 2.29. The molecule has 0 spiro atoms. The lowest BCUT2D eigenvalue weighted by Gasteiger charge is -2.27. The highest BCUT2D eigenvalue weighted by Gasteiger charge is 2.28. The van der Waals surface area contributed by atoms with Crippen molar-refractivity contribution in [1.82, 2.24) is 9.55 Å². The zero-order chi connectivity index (χ0) is 17.1. The highest BCUT2D eigenvalue weighted by atomic mass is 32.2. The van der Waals surface area contributed by atoms with Crippen LogP contribution >= 0.6 is 11.8 Å². The molecule has 0 saturated heterocycles. The number of fused-ring (bicyclic) bond motifs is 1. The van der Waals surface area contributed by atoms with Crippen LogP contribution in [0, 0.1) is 0 Å². The first-order valence-electron chi connectivity index (χ1n) is 7.60. The molecule has 0 bridgehead atoms. The van der Waals surface area contributed by atoms with Crippen molar-refractivity contribution in [3.63, 3.8) is 0 Å². The number of rotatable bonds is 4. The van der Waals surface area contributed by atoms with Crippen molar-refractivity contribution in [2.75, 3.05) is 7.11 Å². The number of hydrogen-bond acceptors (Lipinski definition) is 6. The molecule has 2 aromatic rings. The Morgan fingerprint density at radius 1 is 1.42 bits per heavy atom. The Hall–Kier alpha value is -2.12. The minimum atomic E-state index is -0.352. The van der Waals surface area contributed by atoms with Crippen molar-refractivity contribution in [3.8, 4) is 5.69 Å². The van der Waals surface area contributed by atoms with Gasteiger partial charge in [-0.1, -0.05) is 18.2 Å². The second kappa shape index (κ2) is 7.19. The molecule has 2 heterocycles. The molecule has 7 heteroatoms. The second-order valence-corrected chi connectivity index (χ2v) is 6.93. The standard InChI is InChI=1S/C17H18N2O4S/c1-11(17(21)22-2)24-15-8-13-14(9-23-15)19(10-18-16(13)20)12-6-4-3-5-7-12/h3-7,10-11,15H,8-9H2,1-2H3. The number of benzene rings is 1. The van der Waals surface area contributed by atoms with Gasteiger partial charge in [0, 0.05) is 17.7 Å². The van der Waals surface area contributed by atoms with Crippen molar-refractivity contribution in [3.05, 3.63) is 58.3 Å². The van der Waals surface area contributed by atoms with Gasteiger partial charge >= 0.3 is 5.97 Å². The molecule has 0 saturated carbocycles. The van der Waals surface area contributed by atoms with Gasteiger partial charge in [-0.25, -0.2) is 0 Å². The van der Waals surface area contributed by atoms with Crippen LogP contribution in [0.3, 0.4) is 0 Å². The number of hydrogen-bond donors (Lipinski definition) is 0. The number of thioether (sulfide) groups is 1. The van der Waals surface area contributed by atoms with Crippen LogP contribution in [0.4, 0.5) is 0 Å². The van der Waals surface area contributed by atoms with E-state index in [1.54, 1.807) is 6.92 Å². The van der Waals surface area contributed by atoms with Crippen molar-refractivity contribution in [2.24, 2.45) is 0 Å². The molecule has 0 N–H and O–H groups in total. The number of esters is 1. The summed E-state index contributed by atoms with van der Waals surface area (Å²) in [5, 5.41) is -0.352. The summed E-state index contributed by atoms with van der Waals surface area (Å²) < 4.78 is 12.5. The highest BCUT2D eigenvalue weighted by molar-refractivity contribution is 8.01. The maximum atomic E-state index is 12.2. The number of para-hydroxylation sites is 1. The van der Waals surface area contributed by atoms with Crippen LogP contribution in [0.25, 0.3) is 5.69 Å². The first kappa shape index (κ1) is 16.7. The molecule has 2 unspecified atom stereocenters. The van der Waals surface area contributed by atoms with Gasteiger partial charge in [-0.15, -0.1) is 11.8 Å². The molecule has 0 aliphatic carbocycles. The van der Waals surface area contributed by atoms with E-state index < -0.39 is 0 Å². The van der Waals surface area contributed by atoms with Crippen molar-refractivity contribution in [1.29, 1.82) is 0 Å². The number of aromatic nitrogens is 2. The first-order chi connectivity index (χ1) is 11.6. The Balaban J connectivity index is 1.87. The quantitative estimate of drug-likeness (QED) is 0.788. The number of carbonyl (C=O) groups is 1. The SMILES string of the molecule is COC(=O)C(C)SC1Cc2c(n(-c3ccccc3)cnc2=O)CO1. The number of carbonyl (C=O) groups excluding carboxylic acids is 1. The Labute approximate surface area is 143 Å². The van der Waals surface area contributed by atoms with Crippen LogP contribution in [0.1, 0.15) is 18.2 Å². The fourth-order valence-corrected chi connectivity index (χ4v) is 3.71. The molecule has 3 rings (SSSR count). The van der Waals surface area contributed by atoms with Crippen molar-refractivity contribution < 1.29 is 14.3 Å². The average molecular weight is 346 g/mol. The fourth-order valence-electron chi connectivity index (χ4n) is 2.63. The van der Waals surface area contributed by atoms with Gasteiger partial charge in [0.25, 0.3) is 5.56 Å². The summed E-state index contributed by atoms with van der Waals surface area (Å²) in [5.41, 5.74) is 1.87. The van der Waals surface area contributed by atoms with Gasteiger partial charge < -0.3 is 14.0 Å². The molecule has 2 atom stereocenters. The predicted octanol–water partition coefficient (Wildman–Crippen LogP) is 1.93. The monoisotopic (exact) mass is 346 g/mol. The van der Waals surface area contributed by atoms with E-state index >= 15 is 0 Å². The van der Waals surface area contributed by atoms with E-state index in [-0.39, 0.29) is 22.2 Å². The molecular formula is C17H18N2O4S. The molecule has 0 amide bonds. The van der Waals surface area contributed by atoms with Crippen LogP contribution < -0.4 is 5.56 Å². The Bertz CT molecular complexity index is 791. The summed E-state index contributed by atoms with van der Waals surface area (Å²) >= 11 is 1.35. The Morgan fingerprint density at radius 3 is 2.88 bits per heavy atom. The third-order valence-electron chi connectivity index (χ3n) is 3.89. The molecule has 6 nitrogen and oxygen atoms in total. The van der Waals surface area contributed by atoms with E-state index in [9.17, 15) is 9.59 Å². The normalized spacial score (nSPS) is 17.8. The van der Waals surface area contributed by atoms with E-state index in [4.69, 9.17) is 9.47 Å². The number of methoxy groups -OCH3 is 1. The maximum absolute atomic E-state index is 12.2. The first-order valence-corrected chi connectivity index (χ1v) is 8.54. The summed E-state index contributed by atoms with van der Waals surface area (Å²) in [6, 6.07) is 9.70. The smallest absolute Gasteiger partial charge is 0.318 e. The van der Waals surface area contributed by atoms with Gasteiger partial charge in [-0.2, -0.15) is 4.98 Å². The topological polar surface area (TPSA) is 70.4 Å². The van der Waals surface area contributed by atoms with Crippen LogP contribution in [0.5, 0.6) is 0 Å². The third kappa shape index (κ3) is 3.37. The van der Waals surface area contributed by atoms with Gasteiger partial charge in [0.1, 0.15) is 17.0 Å². The Morgan fingerprint density at radius 2 is 2.17 bits per heavy atom. The molecule has 1 aliphatic heterocycles. The van der Waals surface area contributed by atoms with Crippen LogP contribution in [-0.2, 0) is 27.3 Å². The summed E-state index contributed by atoms with van der Waals surface area (Å²) in [7, 11) is 1.36. The van der Waals surface area contributed by atoms with Crippen LogP contribution in [-0.4, -0.2) is 33.3 Å². The predicted molar refractivity (Wildman–Crippen MR) is 91.2 cm³/mol. The molecule has 0 fully saturated rings. The van der Waals surface area contributed by atoms with E-state index in [0.29, 0.717) is 18.6 Å². The van der Waals surface area contributed by atoms with Crippen molar-refractivity contribution >= 4 is 17.7 Å². The summed E-state index contributed by atoms with van der Waals surface area (Å²) in [6.07, 6.45) is 1.95. The lowest BCUT2D eigenvalue weighted by Crippen LogP contribution is -2.32. The largest absolute Gasteiger partial charge is 0.468 e. The van der Waals surface area contributed by atoms with Crippen molar-refractivity contribution in [2.45, 2.75) is 30.6 Å². The summed E-state index contributed by atoms with van der Waals surface area (Å²) in [4.78, 5) is 27.7. The minimum Gasteiger partial charge on any atom is -0.468 e. The molecule has 24 heavy (non-hydrogen) atoms. The molecule has 0 radical (unpaired) electrons. The minimum absolute atomic E-state index is 0.239. The number of ether oxygens (including phenoxy) is 2. The van der Waals surface area contributed by atoms with Gasteiger partial charge in [-0.3, -0.25) is 9.59 Å². The van der Waals surface area contributed by atoms with Crippen LogP contribution in [0.2, 0.25) is 0 Å². The van der Waals surface area contributed by atoms with Gasteiger partial charge in [0.15, 0.2) is 0 Å². The number of nitrogens with zero attached hydrogens (tertiary/aromatic N) is 2. The molecule has 1 aromatic carbocycles. The van der Waals surface area contributed by atoms with E-state index in [0.717, 1.165) is 11.4 Å².